The van der Waals surface area contributed by atoms with Crippen molar-refractivity contribution in [1.29, 1.82) is 5.26 Å². The molecule has 5 nitrogen and oxygen atoms in total. The van der Waals surface area contributed by atoms with Crippen molar-refractivity contribution in [3.05, 3.63) is 35.4 Å². The second kappa shape index (κ2) is 7.79. The topological polar surface area (TPSA) is 81.4 Å². The Balaban J connectivity index is 1.98. The van der Waals surface area contributed by atoms with E-state index in [1.807, 2.05) is 11.0 Å². The molecule has 134 valence electrons. The van der Waals surface area contributed by atoms with Crippen LogP contribution in [0.25, 0.3) is 0 Å². The van der Waals surface area contributed by atoms with Crippen LogP contribution in [0.5, 0.6) is 0 Å². The minimum atomic E-state index is -0.367. The molecule has 1 aliphatic heterocycles. The van der Waals surface area contributed by atoms with E-state index in [4.69, 9.17) is 5.26 Å². The molecule has 1 saturated heterocycles. The molecule has 1 amide bonds. The van der Waals surface area contributed by atoms with Crippen molar-refractivity contribution in [3.63, 3.8) is 0 Å². The summed E-state index contributed by atoms with van der Waals surface area (Å²) in [7, 11) is 0. The zero-order valence-corrected chi connectivity index (χ0v) is 15.2. The smallest absolute Gasteiger partial charge is 0.223 e. The van der Waals surface area contributed by atoms with Gasteiger partial charge in [-0.2, -0.15) is 5.26 Å². The van der Waals surface area contributed by atoms with Crippen LogP contribution >= 0.6 is 0 Å². The highest BCUT2D eigenvalue weighted by Gasteiger charge is 2.37. The summed E-state index contributed by atoms with van der Waals surface area (Å²) in [6.45, 7) is 6.74. The van der Waals surface area contributed by atoms with Crippen LogP contribution in [0.3, 0.4) is 0 Å². The third-order valence-corrected chi connectivity index (χ3v) is 4.80. The van der Waals surface area contributed by atoms with E-state index in [1.165, 1.54) is 0 Å². The number of aliphatic hydroxyl groups is 1. The molecule has 25 heavy (non-hydrogen) atoms. The first-order valence-electron chi connectivity index (χ1n) is 8.73. The lowest BCUT2D eigenvalue weighted by atomic mass is 9.79. The summed E-state index contributed by atoms with van der Waals surface area (Å²) in [4.78, 5) is 26.7. The van der Waals surface area contributed by atoms with Gasteiger partial charge < -0.3 is 10.0 Å². The molecular formula is C20H26N2O3. The number of aliphatic hydroxyl groups excluding tert-OH is 1. The van der Waals surface area contributed by atoms with Crippen molar-refractivity contribution in [1.82, 2.24) is 4.90 Å². The Morgan fingerprint density at radius 3 is 2.44 bits per heavy atom. The van der Waals surface area contributed by atoms with Crippen molar-refractivity contribution in [2.45, 2.75) is 58.6 Å². The standard InChI is InChI=1S/C20H26N2O3/c1-20(2,3)18-12-16(23)10-11-22(18)19(25)9-8-17(24)15-6-4-14(13-21)5-7-15/h4-7,16,18,23H,8-12H2,1-3H3. The van der Waals surface area contributed by atoms with E-state index in [0.29, 0.717) is 30.5 Å². The predicted molar refractivity (Wildman–Crippen MR) is 94.9 cm³/mol. The molecule has 1 aliphatic rings. The first kappa shape index (κ1) is 19.1. The number of benzene rings is 1. The fourth-order valence-corrected chi connectivity index (χ4v) is 3.31. The molecule has 0 spiro atoms. The third kappa shape index (κ3) is 4.90. The number of hydrogen-bond acceptors (Lipinski definition) is 4. The number of nitriles is 1. The van der Waals surface area contributed by atoms with Gasteiger partial charge in [-0.25, -0.2) is 0 Å². The minimum absolute atomic E-state index is 0.0197. The Bertz CT molecular complexity index is 668. The molecule has 1 fully saturated rings. The Kier molecular flexibility index (Phi) is 5.97. The fourth-order valence-electron chi connectivity index (χ4n) is 3.31. The highest BCUT2D eigenvalue weighted by molar-refractivity contribution is 5.98. The normalized spacial score (nSPS) is 20.8. The summed E-state index contributed by atoms with van der Waals surface area (Å²) in [5, 5.41) is 18.7. The van der Waals surface area contributed by atoms with Crippen LogP contribution in [0.4, 0.5) is 0 Å². The number of hydrogen-bond donors (Lipinski definition) is 1. The number of ketones is 1. The summed E-state index contributed by atoms with van der Waals surface area (Å²) < 4.78 is 0. The number of carbonyl (C=O) groups is 2. The molecule has 1 N–H and O–H groups in total. The third-order valence-electron chi connectivity index (χ3n) is 4.80. The maximum Gasteiger partial charge on any atom is 0.223 e. The summed E-state index contributed by atoms with van der Waals surface area (Å²) in [5.74, 6) is -0.129. The fraction of sp³-hybridized carbons (Fsp3) is 0.550. The molecule has 0 aliphatic carbocycles. The van der Waals surface area contributed by atoms with Crippen molar-refractivity contribution in [2.75, 3.05) is 6.54 Å². The second-order valence-electron chi connectivity index (χ2n) is 7.76. The molecule has 1 aromatic carbocycles. The van der Waals surface area contributed by atoms with E-state index >= 15 is 0 Å². The quantitative estimate of drug-likeness (QED) is 0.853. The van der Waals surface area contributed by atoms with Crippen LogP contribution < -0.4 is 0 Å². The second-order valence-corrected chi connectivity index (χ2v) is 7.76. The highest BCUT2D eigenvalue weighted by atomic mass is 16.3. The van der Waals surface area contributed by atoms with Gasteiger partial charge in [0.15, 0.2) is 5.78 Å². The van der Waals surface area contributed by atoms with Gasteiger partial charge in [0, 0.05) is 31.0 Å². The largest absolute Gasteiger partial charge is 0.393 e. The lowest BCUT2D eigenvalue weighted by Gasteiger charge is -2.45. The highest BCUT2D eigenvalue weighted by Crippen LogP contribution is 2.32. The minimum Gasteiger partial charge on any atom is -0.393 e. The zero-order chi connectivity index (χ0) is 18.6. The number of piperidine rings is 1. The first-order valence-corrected chi connectivity index (χ1v) is 8.73. The lowest BCUT2D eigenvalue weighted by molar-refractivity contribution is -0.140. The van der Waals surface area contributed by atoms with Gasteiger partial charge in [-0.3, -0.25) is 9.59 Å². The number of rotatable bonds is 4. The Hall–Kier alpha value is -2.19. The summed E-state index contributed by atoms with van der Waals surface area (Å²) in [6.07, 6.45) is 1.12. The van der Waals surface area contributed by atoms with Gasteiger partial charge in [0.05, 0.1) is 17.7 Å². The maximum absolute atomic E-state index is 12.6. The van der Waals surface area contributed by atoms with Gasteiger partial charge in [0.1, 0.15) is 0 Å². The van der Waals surface area contributed by atoms with Crippen molar-refractivity contribution >= 4 is 11.7 Å². The molecule has 0 aromatic heterocycles. The molecule has 1 aromatic rings. The van der Waals surface area contributed by atoms with Gasteiger partial charge >= 0.3 is 0 Å². The number of carbonyl (C=O) groups excluding carboxylic acids is 2. The van der Waals surface area contributed by atoms with Gasteiger partial charge in [-0.1, -0.05) is 32.9 Å². The van der Waals surface area contributed by atoms with Crippen LogP contribution in [-0.2, 0) is 4.79 Å². The summed E-state index contributed by atoms with van der Waals surface area (Å²) in [6, 6.07) is 8.46. The SMILES string of the molecule is CC(C)(C)C1CC(O)CCN1C(=O)CCC(=O)c1ccc(C#N)cc1. The Labute approximate surface area is 149 Å². The summed E-state index contributed by atoms with van der Waals surface area (Å²) >= 11 is 0. The van der Waals surface area contributed by atoms with Crippen LogP contribution in [0, 0.1) is 16.7 Å². The Morgan fingerprint density at radius 1 is 1.24 bits per heavy atom. The van der Waals surface area contributed by atoms with Crippen LogP contribution in [0.15, 0.2) is 24.3 Å². The van der Waals surface area contributed by atoms with Crippen LogP contribution in [0.2, 0.25) is 0 Å². The zero-order valence-electron chi connectivity index (χ0n) is 15.2. The molecule has 1 heterocycles. The van der Waals surface area contributed by atoms with E-state index < -0.39 is 0 Å². The number of likely N-dealkylation sites (tertiary alicyclic amines) is 1. The number of Topliss-reactive ketones (excluding diaryl/α,β-unsaturated/α-hetero) is 1. The molecule has 0 radical (unpaired) electrons. The molecule has 0 bridgehead atoms. The van der Waals surface area contributed by atoms with Gasteiger partial charge in [-0.05, 0) is 30.4 Å². The molecule has 2 rings (SSSR count). The molecule has 2 unspecified atom stereocenters. The maximum atomic E-state index is 12.6. The average Bonchev–Trinajstić information content (AvgIpc) is 2.58. The Morgan fingerprint density at radius 2 is 1.88 bits per heavy atom. The van der Waals surface area contributed by atoms with E-state index in [-0.39, 0.29) is 42.1 Å². The number of amides is 1. The molecule has 0 saturated carbocycles. The van der Waals surface area contributed by atoms with E-state index in [9.17, 15) is 14.7 Å². The summed E-state index contributed by atoms with van der Waals surface area (Å²) in [5.41, 5.74) is 0.912. The van der Waals surface area contributed by atoms with E-state index in [1.54, 1.807) is 24.3 Å². The van der Waals surface area contributed by atoms with Crippen molar-refractivity contribution in [2.24, 2.45) is 5.41 Å². The van der Waals surface area contributed by atoms with Gasteiger partial charge in [0.25, 0.3) is 0 Å². The van der Waals surface area contributed by atoms with Crippen LogP contribution in [-0.4, -0.2) is 40.4 Å². The monoisotopic (exact) mass is 342 g/mol. The van der Waals surface area contributed by atoms with Crippen molar-refractivity contribution < 1.29 is 14.7 Å². The lowest BCUT2D eigenvalue weighted by Crippen LogP contribution is -2.53. The van der Waals surface area contributed by atoms with Gasteiger partial charge in [0.2, 0.25) is 5.91 Å². The van der Waals surface area contributed by atoms with Crippen LogP contribution in [0.1, 0.15) is 62.4 Å². The van der Waals surface area contributed by atoms with Gasteiger partial charge in [-0.15, -0.1) is 0 Å². The first-order chi connectivity index (χ1) is 11.7. The van der Waals surface area contributed by atoms with Crippen molar-refractivity contribution in [3.8, 4) is 6.07 Å². The molecular weight excluding hydrogens is 316 g/mol. The number of nitrogens with zero attached hydrogens (tertiary/aromatic N) is 2. The molecule has 2 atom stereocenters. The van der Waals surface area contributed by atoms with E-state index in [0.717, 1.165) is 0 Å². The average molecular weight is 342 g/mol. The predicted octanol–water partition coefficient (Wildman–Crippen LogP) is 2.92. The van der Waals surface area contributed by atoms with E-state index in [2.05, 4.69) is 20.8 Å². The molecule has 5 heteroatoms.